The Balaban J connectivity index is 1.90. The van der Waals surface area contributed by atoms with Crippen LogP contribution in [0.25, 0.3) is 0 Å². The van der Waals surface area contributed by atoms with E-state index in [1.165, 1.54) is 24.8 Å². The molecule has 2 aromatic rings. The van der Waals surface area contributed by atoms with Crippen LogP contribution in [-0.2, 0) is 19.3 Å². The van der Waals surface area contributed by atoms with Gasteiger partial charge < -0.3 is 5.73 Å². The highest BCUT2D eigenvalue weighted by Crippen LogP contribution is 2.23. The van der Waals surface area contributed by atoms with Gasteiger partial charge in [-0.05, 0) is 32.6 Å². The summed E-state index contributed by atoms with van der Waals surface area (Å²) in [5, 5.41) is 3.15. The summed E-state index contributed by atoms with van der Waals surface area (Å²) in [5.41, 5.74) is 9.47. The SMILES string of the molecule is Cc1nc(Cc2nc(N)c3c(n2)CCCCC3)cs1. The molecule has 100 valence electrons. The first-order chi connectivity index (χ1) is 9.22. The van der Waals surface area contributed by atoms with Crippen molar-refractivity contribution in [3.8, 4) is 0 Å². The lowest BCUT2D eigenvalue weighted by Gasteiger charge is -2.09. The van der Waals surface area contributed by atoms with Crippen molar-refractivity contribution in [3.05, 3.63) is 33.2 Å². The molecule has 0 bridgehead atoms. The first-order valence-corrected chi connectivity index (χ1v) is 7.65. The average molecular weight is 274 g/mol. The number of rotatable bonds is 2. The lowest BCUT2D eigenvalue weighted by Crippen LogP contribution is -2.09. The molecule has 0 saturated carbocycles. The highest BCUT2D eigenvalue weighted by atomic mass is 32.1. The van der Waals surface area contributed by atoms with Crippen LogP contribution < -0.4 is 5.73 Å². The van der Waals surface area contributed by atoms with Crippen LogP contribution in [0.15, 0.2) is 5.38 Å². The third-order valence-electron chi connectivity index (χ3n) is 3.52. The van der Waals surface area contributed by atoms with E-state index in [2.05, 4.69) is 15.3 Å². The zero-order valence-electron chi connectivity index (χ0n) is 11.1. The molecule has 0 atom stereocenters. The smallest absolute Gasteiger partial charge is 0.136 e. The highest BCUT2D eigenvalue weighted by molar-refractivity contribution is 7.09. The highest BCUT2D eigenvalue weighted by Gasteiger charge is 2.15. The summed E-state index contributed by atoms with van der Waals surface area (Å²) in [5.74, 6) is 1.48. The van der Waals surface area contributed by atoms with E-state index in [0.717, 1.165) is 35.1 Å². The Labute approximate surface area is 117 Å². The number of nitrogen functional groups attached to an aromatic ring is 1. The molecule has 0 aliphatic heterocycles. The van der Waals surface area contributed by atoms with E-state index in [9.17, 15) is 0 Å². The van der Waals surface area contributed by atoms with Crippen LogP contribution in [0.5, 0.6) is 0 Å². The summed E-state index contributed by atoms with van der Waals surface area (Å²) < 4.78 is 0. The lowest BCUT2D eigenvalue weighted by molar-refractivity contribution is 0.708. The number of nitrogens with zero attached hydrogens (tertiary/aromatic N) is 3. The number of aryl methyl sites for hydroxylation is 2. The van der Waals surface area contributed by atoms with E-state index in [-0.39, 0.29) is 0 Å². The molecular weight excluding hydrogens is 256 g/mol. The molecule has 0 spiro atoms. The molecule has 0 aromatic carbocycles. The second-order valence-corrected chi connectivity index (χ2v) is 6.11. The number of hydrogen-bond donors (Lipinski definition) is 1. The first-order valence-electron chi connectivity index (χ1n) is 6.77. The second-order valence-electron chi connectivity index (χ2n) is 5.05. The second kappa shape index (κ2) is 5.25. The molecule has 0 saturated heterocycles. The van der Waals surface area contributed by atoms with Gasteiger partial charge in [-0.15, -0.1) is 11.3 Å². The molecule has 0 unspecified atom stereocenters. The monoisotopic (exact) mass is 274 g/mol. The Kier molecular flexibility index (Phi) is 3.46. The maximum absolute atomic E-state index is 6.10. The Bertz CT molecular complexity index is 591. The molecule has 5 heteroatoms. The molecule has 0 radical (unpaired) electrons. The van der Waals surface area contributed by atoms with Gasteiger partial charge in [0, 0.05) is 16.6 Å². The molecule has 0 fully saturated rings. The maximum atomic E-state index is 6.10. The zero-order valence-corrected chi connectivity index (χ0v) is 12.0. The van der Waals surface area contributed by atoms with Crippen molar-refractivity contribution >= 4 is 17.2 Å². The van der Waals surface area contributed by atoms with Gasteiger partial charge in [0.2, 0.25) is 0 Å². The van der Waals surface area contributed by atoms with Crippen molar-refractivity contribution in [2.75, 3.05) is 5.73 Å². The largest absolute Gasteiger partial charge is 0.383 e. The Morgan fingerprint density at radius 2 is 2.00 bits per heavy atom. The number of anilines is 1. The van der Waals surface area contributed by atoms with E-state index in [1.807, 2.05) is 6.92 Å². The van der Waals surface area contributed by atoms with Gasteiger partial charge in [0.05, 0.1) is 17.1 Å². The molecule has 19 heavy (non-hydrogen) atoms. The molecular formula is C14H18N4S. The molecule has 2 aromatic heterocycles. The fourth-order valence-corrected chi connectivity index (χ4v) is 3.20. The van der Waals surface area contributed by atoms with Crippen molar-refractivity contribution in [2.24, 2.45) is 0 Å². The van der Waals surface area contributed by atoms with E-state index in [1.54, 1.807) is 11.3 Å². The summed E-state index contributed by atoms with van der Waals surface area (Å²) >= 11 is 1.66. The number of thiazole rings is 1. The van der Waals surface area contributed by atoms with Crippen LogP contribution in [0.3, 0.4) is 0 Å². The molecule has 0 amide bonds. The molecule has 2 heterocycles. The van der Waals surface area contributed by atoms with Gasteiger partial charge in [-0.3, -0.25) is 0 Å². The predicted molar refractivity (Wildman–Crippen MR) is 77.4 cm³/mol. The standard InChI is InChI=1S/C14H18N4S/c1-9-16-10(8-19-9)7-13-17-12-6-4-2-3-5-11(12)14(15)18-13/h8H,2-7H2,1H3,(H2,15,17,18). The summed E-state index contributed by atoms with van der Waals surface area (Å²) in [6, 6.07) is 0. The van der Waals surface area contributed by atoms with E-state index in [4.69, 9.17) is 10.7 Å². The minimum atomic E-state index is 0.675. The number of aromatic nitrogens is 3. The zero-order chi connectivity index (χ0) is 13.2. The van der Waals surface area contributed by atoms with Gasteiger partial charge in [-0.2, -0.15) is 0 Å². The lowest BCUT2D eigenvalue weighted by atomic mass is 10.1. The van der Waals surface area contributed by atoms with Gasteiger partial charge >= 0.3 is 0 Å². The Morgan fingerprint density at radius 1 is 1.16 bits per heavy atom. The van der Waals surface area contributed by atoms with E-state index >= 15 is 0 Å². The summed E-state index contributed by atoms with van der Waals surface area (Å²) in [4.78, 5) is 13.6. The van der Waals surface area contributed by atoms with Crippen molar-refractivity contribution in [1.82, 2.24) is 15.0 Å². The van der Waals surface area contributed by atoms with Gasteiger partial charge in [0.15, 0.2) is 0 Å². The fraction of sp³-hybridized carbons (Fsp3) is 0.500. The third kappa shape index (κ3) is 2.76. The fourth-order valence-electron chi connectivity index (χ4n) is 2.58. The van der Waals surface area contributed by atoms with Crippen LogP contribution >= 0.6 is 11.3 Å². The van der Waals surface area contributed by atoms with Crippen LogP contribution in [0.1, 0.15) is 47.0 Å². The van der Waals surface area contributed by atoms with Crippen molar-refractivity contribution in [2.45, 2.75) is 45.4 Å². The molecule has 1 aliphatic rings. The topological polar surface area (TPSA) is 64.7 Å². The van der Waals surface area contributed by atoms with E-state index < -0.39 is 0 Å². The number of nitrogens with two attached hydrogens (primary N) is 1. The predicted octanol–water partition coefficient (Wildman–Crippen LogP) is 2.68. The Morgan fingerprint density at radius 3 is 2.79 bits per heavy atom. The molecule has 1 aliphatic carbocycles. The van der Waals surface area contributed by atoms with Gasteiger partial charge in [0.1, 0.15) is 11.6 Å². The summed E-state index contributed by atoms with van der Waals surface area (Å²) in [6.45, 7) is 2.01. The maximum Gasteiger partial charge on any atom is 0.136 e. The van der Waals surface area contributed by atoms with Crippen LogP contribution in [-0.4, -0.2) is 15.0 Å². The average Bonchev–Trinajstić information content (AvgIpc) is 2.64. The van der Waals surface area contributed by atoms with Crippen LogP contribution in [0.4, 0.5) is 5.82 Å². The van der Waals surface area contributed by atoms with Crippen molar-refractivity contribution < 1.29 is 0 Å². The molecule has 2 N–H and O–H groups in total. The Hall–Kier alpha value is -1.49. The summed E-state index contributed by atoms with van der Waals surface area (Å²) in [7, 11) is 0. The van der Waals surface area contributed by atoms with Crippen molar-refractivity contribution in [3.63, 3.8) is 0 Å². The minimum absolute atomic E-state index is 0.675. The van der Waals surface area contributed by atoms with Crippen molar-refractivity contribution in [1.29, 1.82) is 0 Å². The molecule has 4 nitrogen and oxygen atoms in total. The van der Waals surface area contributed by atoms with Gasteiger partial charge in [-0.1, -0.05) is 6.42 Å². The quantitative estimate of drug-likeness (QED) is 0.855. The normalized spacial score (nSPS) is 15.0. The molecule has 3 rings (SSSR count). The van der Waals surface area contributed by atoms with Crippen LogP contribution in [0.2, 0.25) is 0 Å². The van der Waals surface area contributed by atoms with E-state index in [0.29, 0.717) is 12.2 Å². The van der Waals surface area contributed by atoms with Crippen LogP contribution in [0, 0.1) is 6.92 Å². The van der Waals surface area contributed by atoms with Gasteiger partial charge in [0.25, 0.3) is 0 Å². The third-order valence-corrected chi connectivity index (χ3v) is 4.34. The van der Waals surface area contributed by atoms with Gasteiger partial charge in [-0.25, -0.2) is 15.0 Å². The number of hydrogen-bond acceptors (Lipinski definition) is 5. The summed E-state index contributed by atoms with van der Waals surface area (Å²) in [6.07, 6.45) is 6.41. The first kappa shape index (κ1) is 12.5. The minimum Gasteiger partial charge on any atom is -0.383 e. The number of fused-ring (bicyclic) bond motifs is 1.